The summed E-state index contributed by atoms with van der Waals surface area (Å²) in [5, 5.41) is 12.8. The molecular weight excluding hydrogens is 664 g/mol. The Morgan fingerprint density at radius 1 is 0.840 bits per heavy atom. The molecule has 0 heterocycles. The van der Waals surface area contributed by atoms with E-state index >= 15 is 0 Å². The van der Waals surface area contributed by atoms with E-state index in [-0.39, 0.29) is 19.4 Å². The maximum atomic E-state index is 13.5. The average Bonchev–Trinajstić information content (AvgIpc) is 3.04. The summed E-state index contributed by atoms with van der Waals surface area (Å²) >= 11 is 0. The van der Waals surface area contributed by atoms with Crippen molar-refractivity contribution in [2.75, 3.05) is 12.8 Å². The van der Waals surface area contributed by atoms with Gasteiger partial charge in [0.25, 0.3) is 0 Å². The number of hydrogen-bond acceptors (Lipinski definition) is 9. The number of carbonyl (C=O) groups excluding carboxylic acids is 5. The molecule has 0 aromatic heterocycles. The van der Waals surface area contributed by atoms with Crippen LogP contribution in [0.1, 0.15) is 45.2 Å². The number of alkyl carbamates (subject to hydrolysis) is 1. The number of amides is 4. The maximum Gasteiger partial charge on any atom is 0.408 e. The van der Waals surface area contributed by atoms with Crippen LogP contribution in [0.3, 0.4) is 0 Å². The van der Waals surface area contributed by atoms with Gasteiger partial charge in [-0.25, -0.2) is 13.2 Å². The standard InChI is InChI=1S/C36H44N4O9S/c1-24(38-35(45)48-23-25-12-7-6-8-13-25)33(43)40-30(20-27-16-11-15-26-14-9-10-17-29(26)27)34(44)37-22-31(41)39-28(18-19-50(5,46)47)21-32(42)49-36(2,3)4/h6-19,24,28,30H,20-23H2,1-5H3,(H,37,44)(H,38,45)(H,39,41)(H,40,43). The van der Waals surface area contributed by atoms with Crippen LogP contribution in [0.2, 0.25) is 0 Å². The van der Waals surface area contributed by atoms with E-state index < -0.39 is 69.9 Å². The Bertz CT molecular complexity index is 1800. The number of benzene rings is 3. The molecule has 0 saturated carbocycles. The zero-order valence-electron chi connectivity index (χ0n) is 28.7. The number of carbonyl (C=O) groups is 5. The lowest BCUT2D eigenvalue weighted by Gasteiger charge is -2.23. The molecule has 0 aliphatic rings. The summed E-state index contributed by atoms with van der Waals surface area (Å²) in [4.78, 5) is 64.5. The molecule has 3 aromatic carbocycles. The SMILES string of the molecule is CC(NC(=O)OCc1ccccc1)C(=O)NC(Cc1cccc2ccccc12)C(=O)NCC(=O)NC(C=CS(C)(=O)=O)CC(=O)OC(C)(C)C. The van der Waals surface area contributed by atoms with Crippen molar-refractivity contribution in [1.82, 2.24) is 21.3 Å². The number of sulfone groups is 1. The fraction of sp³-hybridized carbons (Fsp3) is 0.361. The van der Waals surface area contributed by atoms with Gasteiger partial charge in [-0.1, -0.05) is 78.9 Å². The van der Waals surface area contributed by atoms with E-state index in [1.165, 1.54) is 6.92 Å². The van der Waals surface area contributed by atoms with Gasteiger partial charge in [-0.2, -0.15) is 0 Å². The number of nitrogens with one attached hydrogen (secondary N) is 4. The molecule has 0 aliphatic heterocycles. The first-order chi connectivity index (χ1) is 23.5. The Hall–Kier alpha value is -5.24. The second kappa shape index (κ2) is 18.0. The molecule has 0 spiro atoms. The predicted molar refractivity (Wildman–Crippen MR) is 188 cm³/mol. The molecule has 3 aromatic rings. The van der Waals surface area contributed by atoms with Gasteiger partial charge in [0.15, 0.2) is 9.84 Å². The predicted octanol–water partition coefficient (Wildman–Crippen LogP) is 3.07. The molecule has 4 amide bonds. The summed E-state index contributed by atoms with van der Waals surface area (Å²) in [6.07, 6.45) is 0.978. The van der Waals surface area contributed by atoms with Crippen LogP contribution in [-0.2, 0) is 51.5 Å². The lowest BCUT2D eigenvalue weighted by atomic mass is 9.98. The van der Waals surface area contributed by atoms with Crippen molar-refractivity contribution >= 4 is 50.4 Å². The zero-order valence-corrected chi connectivity index (χ0v) is 29.5. The highest BCUT2D eigenvalue weighted by Crippen LogP contribution is 2.20. The summed E-state index contributed by atoms with van der Waals surface area (Å²) in [6, 6.07) is 18.8. The molecular formula is C36H44N4O9S. The zero-order chi connectivity index (χ0) is 36.9. The first-order valence-corrected chi connectivity index (χ1v) is 17.9. The van der Waals surface area contributed by atoms with Gasteiger partial charge in [-0.15, -0.1) is 0 Å². The fourth-order valence-corrected chi connectivity index (χ4v) is 5.19. The third-order valence-electron chi connectivity index (χ3n) is 7.01. The van der Waals surface area contributed by atoms with Gasteiger partial charge in [0, 0.05) is 18.1 Å². The second-order valence-corrected chi connectivity index (χ2v) is 14.6. The van der Waals surface area contributed by atoms with Gasteiger partial charge >= 0.3 is 12.1 Å². The average molecular weight is 709 g/mol. The minimum Gasteiger partial charge on any atom is -0.460 e. The van der Waals surface area contributed by atoms with Crippen LogP contribution in [0.5, 0.6) is 0 Å². The second-order valence-electron chi connectivity index (χ2n) is 12.7. The molecule has 14 heteroatoms. The van der Waals surface area contributed by atoms with Gasteiger partial charge in [0.2, 0.25) is 17.7 Å². The number of fused-ring (bicyclic) bond motifs is 1. The first kappa shape index (κ1) is 39.2. The van der Waals surface area contributed by atoms with Gasteiger partial charge < -0.3 is 30.7 Å². The first-order valence-electron chi connectivity index (χ1n) is 15.9. The van der Waals surface area contributed by atoms with Crippen LogP contribution in [0.4, 0.5) is 4.79 Å². The van der Waals surface area contributed by atoms with Gasteiger partial charge in [-0.05, 0) is 49.6 Å². The third kappa shape index (κ3) is 14.1. The van der Waals surface area contributed by atoms with Crippen LogP contribution < -0.4 is 21.3 Å². The largest absolute Gasteiger partial charge is 0.460 e. The van der Waals surface area contributed by atoms with Crippen molar-refractivity contribution in [3.8, 4) is 0 Å². The fourth-order valence-electron chi connectivity index (χ4n) is 4.72. The normalized spacial score (nSPS) is 13.5. The molecule has 0 saturated heterocycles. The molecule has 3 rings (SSSR count). The molecule has 0 radical (unpaired) electrons. The van der Waals surface area contributed by atoms with Crippen molar-refractivity contribution in [2.24, 2.45) is 0 Å². The van der Waals surface area contributed by atoms with Gasteiger partial charge in [0.05, 0.1) is 19.0 Å². The van der Waals surface area contributed by atoms with Crippen molar-refractivity contribution in [3.63, 3.8) is 0 Å². The molecule has 4 N–H and O–H groups in total. The number of rotatable bonds is 15. The van der Waals surface area contributed by atoms with Gasteiger partial charge in [0.1, 0.15) is 24.3 Å². The maximum absolute atomic E-state index is 13.5. The lowest BCUT2D eigenvalue weighted by Crippen LogP contribution is -2.54. The Balaban J connectivity index is 1.71. The van der Waals surface area contributed by atoms with Crippen LogP contribution in [0.25, 0.3) is 10.8 Å². The molecule has 268 valence electrons. The molecule has 0 bridgehead atoms. The van der Waals surface area contributed by atoms with Crippen LogP contribution in [0.15, 0.2) is 84.3 Å². The highest BCUT2D eigenvalue weighted by molar-refractivity contribution is 7.93. The minimum absolute atomic E-state index is 0.00212. The molecule has 0 fully saturated rings. The molecule has 0 aliphatic carbocycles. The lowest BCUT2D eigenvalue weighted by molar-refractivity contribution is -0.155. The van der Waals surface area contributed by atoms with E-state index in [9.17, 15) is 32.4 Å². The number of hydrogen-bond donors (Lipinski definition) is 4. The van der Waals surface area contributed by atoms with Crippen molar-refractivity contribution in [3.05, 3.63) is 95.4 Å². The van der Waals surface area contributed by atoms with E-state index in [0.29, 0.717) is 0 Å². The molecule has 13 nitrogen and oxygen atoms in total. The van der Waals surface area contributed by atoms with E-state index in [1.807, 2.05) is 48.5 Å². The molecule has 50 heavy (non-hydrogen) atoms. The monoisotopic (exact) mass is 708 g/mol. The van der Waals surface area contributed by atoms with Crippen molar-refractivity contribution in [2.45, 2.75) is 70.9 Å². The van der Waals surface area contributed by atoms with Crippen LogP contribution in [-0.4, -0.2) is 74.7 Å². The van der Waals surface area contributed by atoms with E-state index in [4.69, 9.17) is 9.47 Å². The Morgan fingerprint density at radius 3 is 2.18 bits per heavy atom. The van der Waals surface area contributed by atoms with Gasteiger partial charge in [-0.3, -0.25) is 19.2 Å². The topological polar surface area (TPSA) is 186 Å². The summed E-state index contributed by atoms with van der Waals surface area (Å²) in [5.41, 5.74) is 0.705. The Morgan fingerprint density at radius 2 is 1.50 bits per heavy atom. The summed E-state index contributed by atoms with van der Waals surface area (Å²) in [6.45, 7) is 5.89. The summed E-state index contributed by atoms with van der Waals surface area (Å²) < 4.78 is 33.9. The van der Waals surface area contributed by atoms with Crippen molar-refractivity contribution < 1.29 is 41.9 Å². The Kier molecular flexibility index (Phi) is 14.1. The Labute approximate surface area is 292 Å². The van der Waals surface area contributed by atoms with E-state index in [1.54, 1.807) is 45.0 Å². The summed E-state index contributed by atoms with van der Waals surface area (Å²) in [5.74, 6) is -2.77. The van der Waals surface area contributed by atoms with E-state index in [0.717, 1.165) is 39.6 Å². The van der Waals surface area contributed by atoms with E-state index in [2.05, 4.69) is 21.3 Å². The van der Waals surface area contributed by atoms with Crippen LogP contribution in [0, 0.1) is 0 Å². The molecule has 3 atom stereocenters. The smallest absolute Gasteiger partial charge is 0.408 e. The highest BCUT2D eigenvalue weighted by atomic mass is 32.2. The minimum atomic E-state index is -3.58. The van der Waals surface area contributed by atoms with Crippen LogP contribution >= 0.6 is 0 Å². The number of esters is 1. The third-order valence-corrected chi connectivity index (χ3v) is 7.66. The summed E-state index contributed by atoms with van der Waals surface area (Å²) in [7, 11) is -3.58. The molecule has 3 unspecified atom stereocenters. The van der Waals surface area contributed by atoms with Crippen molar-refractivity contribution in [1.29, 1.82) is 0 Å². The highest BCUT2D eigenvalue weighted by Gasteiger charge is 2.27. The quantitative estimate of drug-likeness (QED) is 0.172. The number of ether oxygens (including phenoxy) is 2.